The highest BCUT2D eigenvalue weighted by molar-refractivity contribution is 7.07. The smallest absolute Gasteiger partial charge is 0.0241 e. The quantitative estimate of drug-likeness (QED) is 0.623. The molecule has 17 heavy (non-hydrogen) atoms. The van der Waals surface area contributed by atoms with E-state index in [0.717, 1.165) is 18.3 Å². The zero-order chi connectivity index (χ0) is 12.1. The minimum atomic E-state index is 0.502. The van der Waals surface area contributed by atoms with E-state index in [1.54, 1.807) is 11.3 Å². The minimum Gasteiger partial charge on any atom is -0.271 e. The molecule has 3 N–H and O–H groups in total. The van der Waals surface area contributed by atoms with Gasteiger partial charge in [0.2, 0.25) is 0 Å². The van der Waals surface area contributed by atoms with Crippen molar-refractivity contribution in [1.82, 2.24) is 5.43 Å². The Hall–Kier alpha value is -0.380. The molecular weight excluding hydrogens is 228 g/mol. The van der Waals surface area contributed by atoms with E-state index < -0.39 is 0 Å². The predicted molar refractivity (Wildman–Crippen MR) is 74.9 cm³/mol. The van der Waals surface area contributed by atoms with Crippen molar-refractivity contribution in [2.45, 2.75) is 51.5 Å². The van der Waals surface area contributed by atoms with Gasteiger partial charge in [-0.25, -0.2) is 0 Å². The van der Waals surface area contributed by atoms with Crippen molar-refractivity contribution in [2.75, 3.05) is 0 Å². The Morgan fingerprint density at radius 2 is 2.18 bits per heavy atom. The van der Waals surface area contributed by atoms with Gasteiger partial charge in [0.1, 0.15) is 0 Å². The molecule has 0 radical (unpaired) electrons. The van der Waals surface area contributed by atoms with E-state index >= 15 is 0 Å². The van der Waals surface area contributed by atoms with Gasteiger partial charge in [-0.05, 0) is 59.9 Å². The monoisotopic (exact) mass is 252 g/mol. The van der Waals surface area contributed by atoms with E-state index in [1.807, 2.05) is 0 Å². The first-order chi connectivity index (χ1) is 8.29. The van der Waals surface area contributed by atoms with Gasteiger partial charge in [-0.2, -0.15) is 11.3 Å². The second kappa shape index (κ2) is 6.53. The molecular formula is C14H24N2S. The maximum atomic E-state index is 5.73. The van der Waals surface area contributed by atoms with Crippen molar-refractivity contribution in [3.05, 3.63) is 22.4 Å². The number of thiophene rings is 1. The van der Waals surface area contributed by atoms with Crippen LogP contribution in [0.4, 0.5) is 0 Å². The fraction of sp³-hybridized carbons (Fsp3) is 0.714. The maximum Gasteiger partial charge on any atom is 0.0241 e. The Bertz CT molecular complexity index is 302. The number of aryl methyl sites for hydroxylation is 1. The van der Waals surface area contributed by atoms with Crippen LogP contribution in [0.2, 0.25) is 0 Å². The minimum absolute atomic E-state index is 0.502. The molecule has 1 aliphatic rings. The molecule has 1 heterocycles. The summed E-state index contributed by atoms with van der Waals surface area (Å²) in [4.78, 5) is 0. The van der Waals surface area contributed by atoms with Crippen LogP contribution < -0.4 is 11.3 Å². The summed E-state index contributed by atoms with van der Waals surface area (Å²) in [5.41, 5.74) is 4.51. The van der Waals surface area contributed by atoms with Crippen molar-refractivity contribution >= 4 is 11.3 Å². The summed E-state index contributed by atoms with van der Waals surface area (Å²) in [6.07, 6.45) is 7.78. The molecule has 1 aromatic rings. The third-order valence-corrected chi connectivity index (χ3v) is 4.90. The number of hydrogen-bond donors (Lipinski definition) is 2. The molecule has 1 atom stereocenters. The average Bonchev–Trinajstić information content (AvgIpc) is 2.85. The Kier molecular flexibility index (Phi) is 5.01. The average molecular weight is 252 g/mol. The third-order valence-electron chi connectivity index (χ3n) is 4.17. The third kappa shape index (κ3) is 3.80. The lowest BCUT2D eigenvalue weighted by molar-refractivity contribution is 0.223. The molecule has 0 aromatic carbocycles. The Morgan fingerprint density at radius 3 is 2.76 bits per heavy atom. The summed E-state index contributed by atoms with van der Waals surface area (Å²) < 4.78 is 0. The van der Waals surface area contributed by atoms with Crippen molar-refractivity contribution in [1.29, 1.82) is 0 Å². The molecule has 0 bridgehead atoms. The van der Waals surface area contributed by atoms with Crippen LogP contribution in [0.1, 0.15) is 44.6 Å². The zero-order valence-corrected chi connectivity index (χ0v) is 11.5. The van der Waals surface area contributed by atoms with Crippen molar-refractivity contribution < 1.29 is 0 Å². The van der Waals surface area contributed by atoms with Gasteiger partial charge in [-0.1, -0.05) is 19.8 Å². The number of rotatable bonds is 5. The van der Waals surface area contributed by atoms with Crippen LogP contribution in [0.15, 0.2) is 16.8 Å². The molecule has 0 saturated heterocycles. The largest absolute Gasteiger partial charge is 0.271 e. The first kappa shape index (κ1) is 13.1. The van der Waals surface area contributed by atoms with Gasteiger partial charge in [0.15, 0.2) is 0 Å². The standard InChI is InChI=1S/C14H24N2S/c1-11-2-5-13(6-3-11)14(16-15)7-4-12-8-9-17-10-12/h8-11,13-14,16H,2-7,15H2,1H3. The number of nitrogens with two attached hydrogens (primary N) is 1. The van der Waals surface area contributed by atoms with Gasteiger partial charge in [0, 0.05) is 6.04 Å². The summed E-state index contributed by atoms with van der Waals surface area (Å²) in [7, 11) is 0. The molecule has 2 rings (SSSR count). The fourth-order valence-corrected chi connectivity index (χ4v) is 3.60. The zero-order valence-electron chi connectivity index (χ0n) is 10.7. The number of hydrogen-bond acceptors (Lipinski definition) is 3. The Labute approximate surface area is 109 Å². The second-order valence-corrected chi connectivity index (χ2v) is 6.24. The van der Waals surface area contributed by atoms with Crippen LogP contribution in [0.25, 0.3) is 0 Å². The van der Waals surface area contributed by atoms with Gasteiger partial charge in [0.05, 0.1) is 0 Å². The molecule has 1 aromatic heterocycles. The van der Waals surface area contributed by atoms with E-state index in [2.05, 4.69) is 29.2 Å². The van der Waals surface area contributed by atoms with Gasteiger partial charge < -0.3 is 0 Å². The molecule has 0 aliphatic heterocycles. The van der Waals surface area contributed by atoms with Crippen LogP contribution in [0.5, 0.6) is 0 Å². The van der Waals surface area contributed by atoms with Crippen LogP contribution in [-0.4, -0.2) is 6.04 Å². The van der Waals surface area contributed by atoms with E-state index in [9.17, 15) is 0 Å². The lowest BCUT2D eigenvalue weighted by atomic mass is 9.78. The first-order valence-electron chi connectivity index (χ1n) is 6.76. The van der Waals surface area contributed by atoms with Crippen molar-refractivity contribution in [3.63, 3.8) is 0 Å². The summed E-state index contributed by atoms with van der Waals surface area (Å²) >= 11 is 1.78. The molecule has 0 spiro atoms. The van der Waals surface area contributed by atoms with Crippen molar-refractivity contribution in [3.8, 4) is 0 Å². The fourth-order valence-electron chi connectivity index (χ4n) is 2.90. The highest BCUT2D eigenvalue weighted by Crippen LogP contribution is 2.31. The molecule has 0 amide bonds. The normalized spacial score (nSPS) is 26.9. The van der Waals surface area contributed by atoms with Gasteiger partial charge in [-0.15, -0.1) is 0 Å². The number of nitrogens with one attached hydrogen (secondary N) is 1. The number of hydrazine groups is 1. The lowest BCUT2D eigenvalue weighted by Crippen LogP contribution is -2.42. The van der Waals surface area contributed by atoms with E-state index in [4.69, 9.17) is 5.84 Å². The Balaban J connectivity index is 1.80. The molecule has 1 saturated carbocycles. The second-order valence-electron chi connectivity index (χ2n) is 5.46. The van der Waals surface area contributed by atoms with Gasteiger partial charge >= 0.3 is 0 Å². The SMILES string of the molecule is CC1CCC(C(CCc2ccsc2)NN)CC1. The highest BCUT2D eigenvalue weighted by Gasteiger charge is 2.25. The molecule has 1 aliphatic carbocycles. The van der Waals surface area contributed by atoms with Crippen molar-refractivity contribution in [2.24, 2.45) is 17.7 Å². The first-order valence-corrected chi connectivity index (χ1v) is 7.71. The van der Waals surface area contributed by atoms with Crippen LogP contribution in [0, 0.1) is 11.8 Å². The van der Waals surface area contributed by atoms with E-state index in [0.29, 0.717) is 6.04 Å². The molecule has 96 valence electrons. The summed E-state index contributed by atoms with van der Waals surface area (Å²) in [6.45, 7) is 2.37. The van der Waals surface area contributed by atoms with Gasteiger partial charge in [0.25, 0.3) is 0 Å². The summed E-state index contributed by atoms with van der Waals surface area (Å²) in [5.74, 6) is 7.44. The maximum absolute atomic E-state index is 5.73. The van der Waals surface area contributed by atoms with E-state index in [-0.39, 0.29) is 0 Å². The molecule has 2 nitrogen and oxygen atoms in total. The molecule has 3 heteroatoms. The van der Waals surface area contributed by atoms with E-state index in [1.165, 1.54) is 37.7 Å². The lowest BCUT2D eigenvalue weighted by Gasteiger charge is -2.32. The van der Waals surface area contributed by atoms with Crippen LogP contribution >= 0.6 is 11.3 Å². The van der Waals surface area contributed by atoms with Gasteiger partial charge in [-0.3, -0.25) is 11.3 Å². The summed E-state index contributed by atoms with van der Waals surface area (Å²) in [5, 5.41) is 4.40. The highest BCUT2D eigenvalue weighted by atomic mass is 32.1. The predicted octanol–water partition coefficient (Wildman–Crippen LogP) is 3.34. The van der Waals surface area contributed by atoms with Crippen LogP contribution in [-0.2, 0) is 6.42 Å². The molecule has 1 fully saturated rings. The topological polar surface area (TPSA) is 38.0 Å². The van der Waals surface area contributed by atoms with Crippen LogP contribution in [0.3, 0.4) is 0 Å². The molecule has 1 unspecified atom stereocenters. The Morgan fingerprint density at radius 1 is 1.41 bits per heavy atom. The summed E-state index contributed by atoms with van der Waals surface area (Å²) in [6, 6.07) is 2.73.